The molecule has 0 aliphatic carbocycles. The van der Waals surface area contributed by atoms with Gasteiger partial charge in [-0.15, -0.1) is 0 Å². The zero-order valence-electron chi connectivity index (χ0n) is 12.9. The third-order valence-electron chi connectivity index (χ3n) is 3.70. The minimum Gasteiger partial charge on any atom is -0.320 e. The van der Waals surface area contributed by atoms with Gasteiger partial charge in [0.25, 0.3) is 17.5 Å². The van der Waals surface area contributed by atoms with Gasteiger partial charge >= 0.3 is 0 Å². The number of para-hydroxylation sites is 1. The second kappa shape index (κ2) is 6.31. The predicted molar refractivity (Wildman–Crippen MR) is 83.5 cm³/mol. The molecule has 0 saturated carbocycles. The zero-order valence-corrected chi connectivity index (χ0v) is 12.9. The van der Waals surface area contributed by atoms with E-state index in [2.05, 4.69) is 0 Å². The number of carbonyl (C=O) groups is 3. The van der Waals surface area contributed by atoms with Crippen LogP contribution in [0.1, 0.15) is 20.7 Å². The lowest BCUT2D eigenvalue weighted by Crippen LogP contribution is -2.37. The molecule has 1 aliphatic heterocycles. The lowest BCUT2D eigenvalue weighted by molar-refractivity contribution is -0.385. The molecule has 0 fully saturated rings. The molecular weight excluding hydrogens is 352 g/mol. The number of carbonyl (C=O) groups excluding carboxylic acids is 3. The Labute approximate surface area is 144 Å². The van der Waals surface area contributed by atoms with Crippen molar-refractivity contribution in [3.05, 3.63) is 69.3 Å². The molecule has 0 atom stereocenters. The maximum absolute atomic E-state index is 13.6. The van der Waals surface area contributed by atoms with E-state index in [9.17, 15) is 33.3 Å². The van der Waals surface area contributed by atoms with Crippen LogP contribution in [0.15, 0.2) is 36.4 Å². The molecule has 132 valence electrons. The van der Waals surface area contributed by atoms with Crippen molar-refractivity contribution in [1.82, 2.24) is 4.90 Å². The first kappa shape index (κ1) is 17.1. The van der Waals surface area contributed by atoms with Gasteiger partial charge in [-0.1, -0.05) is 12.1 Å². The summed E-state index contributed by atoms with van der Waals surface area (Å²) in [6.45, 7) is -0.850. The summed E-state index contributed by atoms with van der Waals surface area (Å²) in [6.07, 6.45) is 0. The molecule has 0 spiro atoms. The summed E-state index contributed by atoms with van der Waals surface area (Å²) in [5.74, 6) is -5.03. The summed E-state index contributed by atoms with van der Waals surface area (Å²) < 4.78 is 27.1. The van der Waals surface area contributed by atoms with Crippen LogP contribution in [0.4, 0.5) is 20.2 Å². The molecule has 3 amide bonds. The van der Waals surface area contributed by atoms with Gasteiger partial charge < -0.3 is 5.32 Å². The van der Waals surface area contributed by atoms with E-state index in [1.54, 1.807) is 0 Å². The van der Waals surface area contributed by atoms with Crippen LogP contribution in [0.3, 0.4) is 0 Å². The molecule has 1 N–H and O–H groups in total. The summed E-state index contributed by atoms with van der Waals surface area (Å²) in [7, 11) is 0. The SMILES string of the molecule is O=C(CN1C(=O)c2cccc([N+](=O)[O-])c2C1=O)Nc1c(F)cccc1F. The zero-order chi connectivity index (χ0) is 19.0. The molecule has 1 aliphatic rings. The van der Waals surface area contributed by atoms with Crippen LogP contribution in [0.25, 0.3) is 0 Å². The van der Waals surface area contributed by atoms with E-state index in [1.807, 2.05) is 5.32 Å². The average molecular weight is 361 g/mol. The maximum Gasteiger partial charge on any atom is 0.282 e. The number of anilines is 1. The molecule has 0 bridgehead atoms. The van der Waals surface area contributed by atoms with Crippen molar-refractivity contribution in [3.8, 4) is 0 Å². The third-order valence-corrected chi connectivity index (χ3v) is 3.70. The first-order valence-corrected chi connectivity index (χ1v) is 7.18. The number of nitrogens with one attached hydrogen (secondary N) is 1. The van der Waals surface area contributed by atoms with Gasteiger partial charge in [-0.3, -0.25) is 29.4 Å². The van der Waals surface area contributed by atoms with Crippen molar-refractivity contribution in [2.24, 2.45) is 0 Å². The number of hydrogen-bond acceptors (Lipinski definition) is 5. The number of halogens is 2. The summed E-state index contributed by atoms with van der Waals surface area (Å²) in [6, 6.07) is 6.46. The molecule has 10 heteroatoms. The largest absolute Gasteiger partial charge is 0.320 e. The van der Waals surface area contributed by atoms with E-state index < -0.39 is 57.8 Å². The van der Waals surface area contributed by atoms with Gasteiger partial charge in [-0.2, -0.15) is 0 Å². The van der Waals surface area contributed by atoms with Crippen molar-refractivity contribution in [2.45, 2.75) is 0 Å². The number of fused-ring (bicyclic) bond motifs is 1. The molecule has 2 aromatic rings. The second-order valence-electron chi connectivity index (χ2n) is 5.30. The maximum atomic E-state index is 13.6. The van der Waals surface area contributed by atoms with Crippen LogP contribution in [-0.2, 0) is 4.79 Å². The summed E-state index contributed by atoms with van der Waals surface area (Å²) in [5.41, 5.74) is -1.93. The molecule has 2 aromatic carbocycles. The number of rotatable bonds is 4. The van der Waals surface area contributed by atoms with Crippen LogP contribution >= 0.6 is 0 Å². The van der Waals surface area contributed by atoms with E-state index in [0.29, 0.717) is 4.90 Å². The Hall–Kier alpha value is -3.69. The quantitative estimate of drug-likeness (QED) is 0.509. The average Bonchev–Trinajstić information content (AvgIpc) is 2.83. The molecule has 1 heterocycles. The Bertz CT molecular complexity index is 956. The number of imide groups is 1. The van der Waals surface area contributed by atoms with E-state index in [0.717, 1.165) is 24.3 Å². The van der Waals surface area contributed by atoms with E-state index in [1.165, 1.54) is 12.1 Å². The Morgan fingerprint density at radius 2 is 1.69 bits per heavy atom. The van der Waals surface area contributed by atoms with Gasteiger partial charge in [0.15, 0.2) is 0 Å². The van der Waals surface area contributed by atoms with Gasteiger partial charge in [0.2, 0.25) is 5.91 Å². The molecule has 0 saturated heterocycles. The monoisotopic (exact) mass is 361 g/mol. The fourth-order valence-corrected chi connectivity index (χ4v) is 2.55. The van der Waals surface area contributed by atoms with Crippen molar-refractivity contribution < 1.29 is 28.1 Å². The smallest absolute Gasteiger partial charge is 0.282 e. The number of benzene rings is 2. The Morgan fingerprint density at radius 3 is 2.31 bits per heavy atom. The minimum atomic E-state index is -1.04. The standard InChI is InChI=1S/C16H9F2N3O5/c17-9-4-2-5-10(18)14(9)19-12(22)7-20-15(23)8-3-1-6-11(21(25)26)13(8)16(20)24/h1-6H,7H2,(H,19,22). The van der Waals surface area contributed by atoms with E-state index in [4.69, 9.17) is 0 Å². The Kier molecular flexibility index (Phi) is 4.16. The highest BCUT2D eigenvalue weighted by Gasteiger charge is 2.41. The number of amides is 3. The van der Waals surface area contributed by atoms with Gasteiger partial charge in [-0.05, 0) is 18.2 Å². The van der Waals surface area contributed by atoms with Crippen molar-refractivity contribution in [3.63, 3.8) is 0 Å². The molecule has 3 rings (SSSR count). The highest BCUT2D eigenvalue weighted by molar-refractivity contribution is 6.24. The third kappa shape index (κ3) is 2.77. The fourth-order valence-electron chi connectivity index (χ4n) is 2.55. The molecular formula is C16H9F2N3O5. The summed E-state index contributed by atoms with van der Waals surface area (Å²) >= 11 is 0. The molecule has 8 nitrogen and oxygen atoms in total. The first-order chi connectivity index (χ1) is 12.3. The van der Waals surface area contributed by atoms with E-state index in [-0.39, 0.29) is 5.56 Å². The Morgan fingerprint density at radius 1 is 1.08 bits per heavy atom. The van der Waals surface area contributed by atoms with Crippen molar-refractivity contribution in [1.29, 1.82) is 0 Å². The molecule has 26 heavy (non-hydrogen) atoms. The van der Waals surface area contributed by atoms with Crippen LogP contribution < -0.4 is 5.32 Å². The highest BCUT2D eigenvalue weighted by atomic mass is 19.1. The summed E-state index contributed by atoms with van der Waals surface area (Å²) in [4.78, 5) is 47.3. The summed E-state index contributed by atoms with van der Waals surface area (Å²) in [5, 5.41) is 13.0. The van der Waals surface area contributed by atoms with Crippen molar-refractivity contribution in [2.75, 3.05) is 11.9 Å². The predicted octanol–water partition coefficient (Wildman–Crippen LogP) is 2.11. The van der Waals surface area contributed by atoms with Crippen LogP contribution in [-0.4, -0.2) is 34.1 Å². The number of nitrogens with zero attached hydrogens (tertiary/aromatic N) is 2. The number of hydrogen-bond donors (Lipinski definition) is 1. The van der Waals surface area contributed by atoms with Crippen LogP contribution in [0, 0.1) is 21.7 Å². The lowest BCUT2D eigenvalue weighted by Gasteiger charge is -2.14. The highest BCUT2D eigenvalue weighted by Crippen LogP contribution is 2.30. The number of nitro benzene ring substituents is 1. The number of nitro groups is 1. The van der Waals surface area contributed by atoms with Crippen molar-refractivity contribution >= 4 is 29.1 Å². The van der Waals surface area contributed by atoms with Gasteiger partial charge in [0, 0.05) is 6.07 Å². The Balaban J connectivity index is 1.84. The molecule has 0 aromatic heterocycles. The van der Waals surface area contributed by atoms with Gasteiger partial charge in [-0.25, -0.2) is 8.78 Å². The van der Waals surface area contributed by atoms with Gasteiger partial charge in [0.1, 0.15) is 29.4 Å². The first-order valence-electron chi connectivity index (χ1n) is 7.18. The normalized spacial score (nSPS) is 12.9. The topological polar surface area (TPSA) is 110 Å². The van der Waals surface area contributed by atoms with Crippen LogP contribution in [0.2, 0.25) is 0 Å². The minimum absolute atomic E-state index is 0.214. The van der Waals surface area contributed by atoms with Gasteiger partial charge in [0.05, 0.1) is 10.5 Å². The van der Waals surface area contributed by atoms with E-state index >= 15 is 0 Å². The lowest BCUT2D eigenvalue weighted by atomic mass is 10.1. The molecule has 0 unspecified atom stereocenters. The second-order valence-corrected chi connectivity index (χ2v) is 5.30. The fraction of sp³-hybridized carbons (Fsp3) is 0.0625. The van der Waals surface area contributed by atoms with Crippen LogP contribution in [0.5, 0.6) is 0 Å². The molecule has 0 radical (unpaired) electrons.